The molecule has 90 heavy (non-hydrogen) atoms. The van der Waals surface area contributed by atoms with Crippen LogP contribution in [0.25, 0.3) is 165 Å². The van der Waals surface area contributed by atoms with Crippen LogP contribution in [0.15, 0.2) is 304 Å². The molecular formula is C82H54N8. The zero-order valence-corrected chi connectivity index (χ0v) is 49.1. The van der Waals surface area contributed by atoms with E-state index in [1.54, 1.807) is 11.1 Å². The van der Waals surface area contributed by atoms with Crippen LogP contribution in [0, 0.1) is 11.3 Å². The highest BCUT2D eigenvalue weighted by atomic mass is 15.1. The van der Waals surface area contributed by atoms with Gasteiger partial charge in [-0.15, -0.1) is 0 Å². The lowest BCUT2D eigenvalue weighted by Crippen LogP contribution is -2.11. The average molecular weight is 1150 g/mol. The molecule has 6 heterocycles. The van der Waals surface area contributed by atoms with Crippen molar-refractivity contribution >= 4 is 142 Å². The Hall–Kier alpha value is -12.3. The molecule has 0 unspecified atom stereocenters. The van der Waals surface area contributed by atoms with Gasteiger partial charge in [0.1, 0.15) is 11.8 Å². The summed E-state index contributed by atoms with van der Waals surface area (Å²) in [5.74, 6) is 0. The maximum absolute atomic E-state index is 11.3. The zero-order valence-electron chi connectivity index (χ0n) is 49.1. The highest BCUT2D eigenvalue weighted by Crippen LogP contribution is 2.45. The number of aromatic nitrogens is 6. The second-order valence-corrected chi connectivity index (χ2v) is 23.4. The van der Waals surface area contributed by atoms with E-state index >= 15 is 0 Å². The van der Waals surface area contributed by atoms with Crippen LogP contribution in [-0.2, 0) is 0 Å². The number of rotatable bonds is 10. The van der Waals surface area contributed by atoms with Gasteiger partial charge >= 0.3 is 0 Å². The molecule has 6 aromatic heterocycles. The summed E-state index contributed by atoms with van der Waals surface area (Å²) in [5, 5.41) is 25.1. The van der Waals surface area contributed by atoms with E-state index in [1.165, 1.54) is 43.1 Å². The van der Waals surface area contributed by atoms with E-state index in [1.807, 2.05) is 19.2 Å². The Bertz CT molecular complexity index is 5690. The molecule has 0 aliphatic heterocycles. The summed E-state index contributed by atoms with van der Waals surface area (Å²) in [6, 6.07) is 99.5. The average Bonchev–Trinajstić information content (AvgIpc) is 2.03. The lowest BCUT2D eigenvalue weighted by molar-refractivity contribution is 0.594. The third kappa shape index (κ3) is 7.23. The van der Waals surface area contributed by atoms with Crippen LogP contribution in [0.1, 0.15) is 0 Å². The lowest BCUT2D eigenvalue weighted by Gasteiger charge is -2.20. The van der Waals surface area contributed by atoms with Crippen molar-refractivity contribution in [3.05, 3.63) is 304 Å². The van der Waals surface area contributed by atoms with Crippen molar-refractivity contribution in [3.63, 3.8) is 0 Å². The number of hydrogen-bond acceptors (Lipinski definition) is 2. The Labute approximate surface area is 516 Å². The van der Waals surface area contributed by atoms with Crippen LogP contribution in [0.5, 0.6) is 0 Å². The molecule has 0 aliphatic carbocycles. The van der Waals surface area contributed by atoms with Gasteiger partial charge in [-0.2, -0.15) is 5.26 Å². The number of allylic oxidation sites excluding steroid dienone is 5. The number of hydrogen-bond donors (Lipinski definition) is 0. The molecule has 0 spiro atoms. The van der Waals surface area contributed by atoms with Crippen molar-refractivity contribution in [2.75, 3.05) is 7.05 Å². The van der Waals surface area contributed by atoms with Crippen molar-refractivity contribution in [1.29, 1.82) is 5.26 Å². The lowest BCUT2D eigenvalue weighted by atomic mass is 10.1. The number of benzene rings is 12. The van der Waals surface area contributed by atoms with Gasteiger partial charge in [-0.25, -0.2) is 0 Å². The van der Waals surface area contributed by atoms with Gasteiger partial charge in [-0.1, -0.05) is 159 Å². The zero-order chi connectivity index (χ0) is 59.9. The van der Waals surface area contributed by atoms with Crippen LogP contribution in [0.4, 0.5) is 0 Å². The molecule has 422 valence electrons. The monoisotopic (exact) mass is 1150 g/mol. The SMILES string of the molecule is C=C/C(=C(\C=C(\C#N)N(C)C=C)n1c2ccc(-n3c4ccccc4c4ccccc43)cc2c2cc(-n3c4ccccc4c4ccccc43)ccc21)n1c2ccc(-n3c4ccccc4c4ccccc43)cc2c2cc(-n3c4ccccc4c4ccccc43)ccc21. The van der Waals surface area contributed by atoms with E-state index in [9.17, 15) is 5.26 Å². The van der Waals surface area contributed by atoms with Crippen molar-refractivity contribution in [3.8, 4) is 28.8 Å². The summed E-state index contributed by atoms with van der Waals surface area (Å²) in [6.45, 7) is 8.89. The Kier molecular flexibility index (Phi) is 11.1. The molecule has 18 rings (SSSR count). The van der Waals surface area contributed by atoms with Gasteiger partial charge in [-0.3, -0.25) is 0 Å². The quantitative estimate of drug-likeness (QED) is 0.101. The van der Waals surface area contributed by atoms with Crippen LogP contribution in [-0.4, -0.2) is 39.4 Å². The van der Waals surface area contributed by atoms with E-state index < -0.39 is 0 Å². The van der Waals surface area contributed by atoms with Crippen molar-refractivity contribution in [1.82, 2.24) is 32.3 Å². The number of fused-ring (bicyclic) bond motifs is 18. The number of nitriles is 1. The summed E-state index contributed by atoms with van der Waals surface area (Å²) >= 11 is 0. The summed E-state index contributed by atoms with van der Waals surface area (Å²) < 4.78 is 14.3. The molecule has 18 aromatic rings. The van der Waals surface area contributed by atoms with Crippen LogP contribution < -0.4 is 0 Å². The first-order valence-electron chi connectivity index (χ1n) is 30.4. The third-order valence-electron chi connectivity index (χ3n) is 18.8. The number of para-hydroxylation sites is 8. The summed E-state index contributed by atoms with van der Waals surface area (Å²) in [7, 11) is 1.88. The van der Waals surface area contributed by atoms with E-state index in [2.05, 4.69) is 307 Å². The molecular weight excluding hydrogens is 1100 g/mol. The Morgan fingerprint density at radius 2 is 0.544 bits per heavy atom. The van der Waals surface area contributed by atoms with Gasteiger partial charge in [0, 0.05) is 94.4 Å². The predicted octanol–water partition coefficient (Wildman–Crippen LogP) is 20.8. The van der Waals surface area contributed by atoms with Gasteiger partial charge in [0.2, 0.25) is 0 Å². The minimum atomic E-state index is 0.404. The second-order valence-electron chi connectivity index (χ2n) is 23.4. The topological polar surface area (TPSA) is 56.6 Å². The summed E-state index contributed by atoms with van der Waals surface area (Å²) in [5.41, 5.74) is 19.0. The van der Waals surface area contributed by atoms with Crippen molar-refractivity contribution in [2.24, 2.45) is 0 Å². The number of nitrogens with zero attached hydrogens (tertiary/aromatic N) is 8. The maximum atomic E-state index is 11.3. The summed E-state index contributed by atoms with van der Waals surface area (Å²) in [4.78, 5) is 1.79. The minimum Gasteiger partial charge on any atom is -0.343 e. The van der Waals surface area contributed by atoms with E-state index in [0.29, 0.717) is 5.70 Å². The van der Waals surface area contributed by atoms with Gasteiger partial charge in [-0.05, 0) is 140 Å². The summed E-state index contributed by atoms with van der Waals surface area (Å²) in [6.07, 6.45) is 5.66. The Morgan fingerprint density at radius 3 is 0.767 bits per heavy atom. The highest BCUT2D eigenvalue weighted by Gasteiger charge is 2.25. The second kappa shape index (κ2) is 19.6. The molecule has 0 atom stereocenters. The first-order chi connectivity index (χ1) is 44.5. The van der Waals surface area contributed by atoms with Gasteiger partial charge < -0.3 is 32.3 Å². The first kappa shape index (κ1) is 51.0. The van der Waals surface area contributed by atoms with Gasteiger partial charge in [0.15, 0.2) is 0 Å². The molecule has 0 N–H and O–H groups in total. The van der Waals surface area contributed by atoms with Crippen molar-refractivity contribution in [2.45, 2.75) is 0 Å². The van der Waals surface area contributed by atoms with Gasteiger partial charge in [0.25, 0.3) is 0 Å². The standard InChI is InChI=1S/C82H54N8/c1-4-69(89-78-42-38-52(85-70-30-14-6-22-57(70)58-23-7-15-31-71(58)85)46-65(78)66-47-53(39-43-79(66)89)86-72-32-16-8-24-59(72)60-25-9-17-33-73(60)86)82(50-56(51-83)84(3)5-2)90-80-44-40-54(87-74-34-18-10-26-61(74)62-27-11-19-35-75(62)87)48-67(80)68-49-55(41-45-81(68)90)88-76-36-20-12-28-63(76)64-29-13-21-37-77(64)88/h4-50H,1-2H2,3H3/b56-50-,82-69-. The van der Waals surface area contributed by atoms with E-state index in [0.717, 1.165) is 122 Å². The normalized spacial score (nSPS) is 12.6. The molecule has 0 fully saturated rings. The van der Waals surface area contributed by atoms with Crippen LogP contribution in [0.3, 0.4) is 0 Å². The molecule has 0 radical (unpaired) electrons. The molecule has 0 bridgehead atoms. The maximum Gasteiger partial charge on any atom is 0.122 e. The minimum absolute atomic E-state index is 0.404. The smallest absolute Gasteiger partial charge is 0.122 e. The highest BCUT2D eigenvalue weighted by molar-refractivity contribution is 6.19. The molecule has 8 heteroatoms. The molecule has 12 aromatic carbocycles. The van der Waals surface area contributed by atoms with Gasteiger partial charge in [0.05, 0.1) is 77.6 Å². The fourth-order valence-electron chi connectivity index (χ4n) is 14.9. The Balaban J connectivity index is 0.966. The third-order valence-corrected chi connectivity index (χ3v) is 18.8. The fourth-order valence-corrected chi connectivity index (χ4v) is 14.9. The van der Waals surface area contributed by atoms with E-state index in [-0.39, 0.29) is 0 Å². The molecule has 0 saturated carbocycles. The molecule has 0 aliphatic rings. The molecule has 0 saturated heterocycles. The molecule has 8 nitrogen and oxygen atoms in total. The predicted molar refractivity (Wildman–Crippen MR) is 378 cm³/mol. The van der Waals surface area contributed by atoms with Crippen LogP contribution >= 0.6 is 0 Å². The molecule has 0 amide bonds. The Morgan fingerprint density at radius 1 is 0.311 bits per heavy atom. The first-order valence-corrected chi connectivity index (χ1v) is 30.4. The van der Waals surface area contributed by atoms with E-state index in [4.69, 9.17) is 6.58 Å². The largest absolute Gasteiger partial charge is 0.343 e. The fraction of sp³-hybridized carbons (Fsp3) is 0.0122. The van der Waals surface area contributed by atoms with Crippen molar-refractivity contribution < 1.29 is 0 Å². The van der Waals surface area contributed by atoms with Crippen LogP contribution in [0.2, 0.25) is 0 Å².